The molecule has 8 heteroatoms. The monoisotopic (exact) mass is 404 g/mol. The summed E-state index contributed by atoms with van der Waals surface area (Å²) in [4.78, 5) is 0. The summed E-state index contributed by atoms with van der Waals surface area (Å²) in [5, 5.41) is 20.6. The zero-order valence-electron chi connectivity index (χ0n) is 10.0. The summed E-state index contributed by atoms with van der Waals surface area (Å²) in [6.07, 6.45) is 0.00309. The van der Waals surface area contributed by atoms with Gasteiger partial charge >= 0.3 is 0 Å². The van der Waals surface area contributed by atoms with Crippen molar-refractivity contribution in [2.75, 3.05) is 0 Å². The fourth-order valence-electron chi connectivity index (χ4n) is 1.75. The van der Waals surface area contributed by atoms with Crippen molar-refractivity contribution in [3.8, 4) is 11.5 Å². The predicted molar refractivity (Wildman–Crippen MR) is 89.1 cm³/mol. The van der Waals surface area contributed by atoms with Gasteiger partial charge in [0.15, 0.2) is 0 Å². The molecular formula is C13H6Cl6O2. The van der Waals surface area contributed by atoms with Gasteiger partial charge in [0.05, 0.1) is 10.0 Å². The summed E-state index contributed by atoms with van der Waals surface area (Å²) < 4.78 is 0. The van der Waals surface area contributed by atoms with E-state index >= 15 is 0 Å². The van der Waals surface area contributed by atoms with Crippen LogP contribution in [0.15, 0.2) is 12.1 Å². The Labute approximate surface area is 150 Å². The second-order valence-electron chi connectivity index (χ2n) is 4.14. The Bertz CT molecular complexity index is 668. The molecule has 0 fully saturated rings. The van der Waals surface area contributed by atoms with Crippen molar-refractivity contribution in [2.24, 2.45) is 0 Å². The van der Waals surface area contributed by atoms with E-state index in [2.05, 4.69) is 0 Å². The maximum absolute atomic E-state index is 10.0. The van der Waals surface area contributed by atoms with Crippen LogP contribution in [0, 0.1) is 0 Å². The Kier molecular flexibility index (Phi) is 5.30. The van der Waals surface area contributed by atoms with Crippen LogP contribution in [0.2, 0.25) is 30.1 Å². The van der Waals surface area contributed by atoms with Crippen LogP contribution in [0.1, 0.15) is 11.1 Å². The Morgan fingerprint density at radius 3 is 1.29 bits per heavy atom. The molecule has 0 aliphatic heterocycles. The highest BCUT2D eigenvalue weighted by Crippen LogP contribution is 2.44. The van der Waals surface area contributed by atoms with E-state index in [1.54, 1.807) is 0 Å². The maximum Gasteiger partial charge on any atom is 0.140 e. The normalized spacial score (nSPS) is 11.0. The van der Waals surface area contributed by atoms with Crippen molar-refractivity contribution in [1.29, 1.82) is 0 Å². The molecule has 2 nitrogen and oxygen atoms in total. The highest BCUT2D eigenvalue weighted by molar-refractivity contribution is 6.45. The van der Waals surface area contributed by atoms with E-state index in [1.165, 1.54) is 12.1 Å². The quantitative estimate of drug-likeness (QED) is 0.551. The Morgan fingerprint density at radius 1 is 0.619 bits per heavy atom. The molecule has 0 radical (unpaired) electrons. The van der Waals surface area contributed by atoms with Gasteiger partial charge in [-0.05, 0) is 12.1 Å². The number of hydrogen-bond acceptors (Lipinski definition) is 2. The van der Waals surface area contributed by atoms with Crippen molar-refractivity contribution >= 4 is 69.6 Å². The molecule has 0 spiro atoms. The van der Waals surface area contributed by atoms with Gasteiger partial charge in [0.2, 0.25) is 0 Å². The zero-order chi connectivity index (χ0) is 15.9. The first kappa shape index (κ1) is 17.1. The Morgan fingerprint density at radius 2 is 0.952 bits per heavy atom. The number of hydrogen-bond donors (Lipinski definition) is 2. The third-order valence-electron chi connectivity index (χ3n) is 2.84. The maximum atomic E-state index is 10.0. The number of halogens is 6. The summed E-state index contributed by atoms with van der Waals surface area (Å²) in [5.74, 6) is -0.564. The highest BCUT2D eigenvalue weighted by Gasteiger charge is 2.20. The van der Waals surface area contributed by atoms with E-state index in [0.717, 1.165) is 0 Å². The van der Waals surface area contributed by atoms with Crippen molar-refractivity contribution in [3.05, 3.63) is 53.4 Å². The minimum absolute atomic E-state index is 0.00309. The standard InChI is InChI=1S/C13H6Cl6O2/c14-6-2-8(16)10(18)12(20)4(6)1-5-7(15)3-9(17)11(19)13(5)21/h2-3,20-21H,1H2. The van der Waals surface area contributed by atoms with Gasteiger partial charge < -0.3 is 10.2 Å². The van der Waals surface area contributed by atoms with Crippen LogP contribution in [0.3, 0.4) is 0 Å². The number of benzene rings is 2. The van der Waals surface area contributed by atoms with Crippen molar-refractivity contribution in [2.45, 2.75) is 6.42 Å². The molecule has 2 N–H and O–H groups in total. The lowest BCUT2D eigenvalue weighted by Crippen LogP contribution is -1.94. The Hall–Kier alpha value is -0.220. The molecule has 2 rings (SSSR count). The second-order valence-corrected chi connectivity index (χ2v) is 6.52. The van der Waals surface area contributed by atoms with E-state index < -0.39 is 0 Å². The number of phenols is 2. The first-order chi connectivity index (χ1) is 9.73. The van der Waals surface area contributed by atoms with E-state index in [9.17, 15) is 10.2 Å². The molecule has 0 aliphatic carbocycles. The van der Waals surface area contributed by atoms with Gasteiger partial charge in [0.25, 0.3) is 0 Å². The molecule has 112 valence electrons. The van der Waals surface area contributed by atoms with E-state index in [4.69, 9.17) is 69.6 Å². The summed E-state index contributed by atoms with van der Waals surface area (Å²) >= 11 is 35.5. The summed E-state index contributed by atoms with van der Waals surface area (Å²) in [5.41, 5.74) is 0.531. The molecule has 0 bridgehead atoms. The third-order valence-corrected chi connectivity index (χ3v) is 5.07. The third kappa shape index (κ3) is 3.26. The zero-order valence-corrected chi connectivity index (χ0v) is 14.6. The van der Waals surface area contributed by atoms with E-state index in [1.807, 2.05) is 0 Å². The van der Waals surface area contributed by atoms with Gasteiger partial charge in [-0.2, -0.15) is 0 Å². The minimum atomic E-state index is -0.282. The molecule has 2 aromatic carbocycles. The van der Waals surface area contributed by atoms with Gasteiger partial charge in [-0.25, -0.2) is 0 Å². The van der Waals surface area contributed by atoms with Gasteiger partial charge in [-0.3, -0.25) is 0 Å². The van der Waals surface area contributed by atoms with Crippen molar-refractivity contribution in [1.82, 2.24) is 0 Å². The first-order valence-corrected chi connectivity index (χ1v) is 7.71. The fourth-order valence-corrected chi connectivity index (χ4v) is 3.13. The van der Waals surface area contributed by atoms with Crippen LogP contribution in [-0.2, 0) is 6.42 Å². The fraction of sp³-hybridized carbons (Fsp3) is 0.0769. The smallest absolute Gasteiger partial charge is 0.140 e. The number of rotatable bonds is 2. The largest absolute Gasteiger partial charge is 0.506 e. The topological polar surface area (TPSA) is 40.5 Å². The first-order valence-electron chi connectivity index (χ1n) is 5.44. The van der Waals surface area contributed by atoms with E-state index in [0.29, 0.717) is 0 Å². The predicted octanol–water partition coefficient (Wildman–Crippen LogP) is 6.61. The lowest BCUT2D eigenvalue weighted by Gasteiger charge is -2.13. The molecule has 21 heavy (non-hydrogen) atoms. The summed E-state index contributed by atoms with van der Waals surface area (Å²) in [7, 11) is 0. The average molecular weight is 407 g/mol. The SMILES string of the molecule is Oc1c(Cl)c(Cl)cc(Cl)c1Cc1c(Cl)cc(Cl)c(Cl)c1O. The van der Waals surface area contributed by atoms with Gasteiger partial charge in [-0.15, -0.1) is 0 Å². The van der Waals surface area contributed by atoms with E-state index in [-0.39, 0.29) is 59.2 Å². The van der Waals surface area contributed by atoms with Crippen LogP contribution in [0.5, 0.6) is 11.5 Å². The van der Waals surface area contributed by atoms with Crippen LogP contribution in [0.4, 0.5) is 0 Å². The molecule has 0 saturated carbocycles. The molecule has 0 heterocycles. The van der Waals surface area contributed by atoms with Crippen LogP contribution in [0.25, 0.3) is 0 Å². The molecule has 0 aromatic heterocycles. The molecule has 0 atom stereocenters. The Balaban J connectivity index is 2.59. The number of aromatic hydroxyl groups is 2. The van der Waals surface area contributed by atoms with Crippen LogP contribution >= 0.6 is 69.6 Å². The van der Waals surface area contributed by atoms with Gasteiger partial charge in [0.1, 0.15) is 21.5 Å². The van der Waals surface area contributed by atoms with Crippen molar-refractivity contribution in [3.63, 3.8) is 0 Å². The minimum Gasteiger partial charge on any atom is -0.506 e. The lowest BCUT2D eigenvalue weighted by molar-refractivity contribution is 0.463. The highest BCUT2D eigenvalue weighted by atomic mass is 35.5. The molecular weight excluding hydrogens is 401 g/mol. The molecule has 0 amide bonds. The molecule has 0 unspecified atom stereocenters. The number of phenolic OH excluding ortho intramolecular Hbond substituents is 2. The summed E-state index contributed by atoms with van der Waals surface area (Å²) in [6.45, 7) is 0. The van der Waals surface area contributed by atoms with Crippen molar-refractivity contribution < 1.29 is 10.2 Å². The second kappa shape index (κ2) is 6.49. The summed E-state index contributed by atoms with van der Waals surface area (Å²) in [6, 6.07) is 2.78. The lowest BCUT2D eigenvalue weighted by atomic mass is 10.0. The molecule has 0 aliphatic rings. The molecule has 2 aromatic rings. The average Bonchev–Trinajstić information content (AvgIpc) is 2.42. The molecule has 0 saturated heterocycles. The van der Waals surface area contributed by atoms with Gasteiger partial charge in [0, 0.05) is 27.6 Å². The van der Waals surface area contributed by atoms with Crippen LogP contribution < -0.4 is 0 Å². The van der Waals surface area contributed by atoms with Crippen LogP contribution in [-0.4, -0.2) is 10.2 Å². The van der Waals surface area contributed by atoms with Gasteiger partial charge in [-0.1, -0.05) is 69.6 Å².